The van der Waals surface area contributed by atoms with Crippen molar-refractivity contribution < 1.29 is 19.1 Å². The summed E-state index contributed by atoms with van der Waals surface area (Å²) >= 11 is 0. The van der Waals surface area contributed by atoms with E-state index in [0.717, 1.165) is 32.1 Å². The van der Waals surface area contributed by atoms with Crippen molar-refractivity contribution in [2.75, 3.05) is 0 Å². The quantitative estimate of drug-likeness (QED) is 0.279. The summed E-state index contributed by atoms with van der Waals surface area (Å²) in [5, 5.41) is 2.88. The average Bonchev–Trinajstić information content (AvgIpc) is 2.72. The largest absolute Gasteiger partial charge is 0.454 e. The Bertz CT molecular complexity index is 702. The number of amides is 1. The van der Waals surface area contributed by atoms with E-state index < -0.39 is 5.60 Å². The lowest BCUT2D eigenvalue weighted by Crippen LogP contribution is -2.37. The number of rotatable bonds is 9. The molecule has 0 unspecified atom stereocenters. The van der Waals surface area contributed by atoms with Crippen LogP contribution in [-0.2, 0) is 9.47 Å². The van der Waals surface area contributed by atoms with Crippen LogP contribution in [0.5, 0.6) is 0 Å². The van der Waals surface area contributed by atoms with E-state index in [-0.39, 0.29) is 24.2 Å². The number of carbonyl (C=O) groups is 2. The number of hydrogen-bond donors (Lipinski definition) is 1. The Morgan fingerprint density at radius 2 is 1.81 bits per heavy atom. The molecule has 0 heterocycles. The van der Waals surface area contributed by atoms with E-state index >= 15 is 0 Å². The van der Waals surface area contributed by atoms with Gasteiger partial charge in [-0.15, -0.1) is 0 Å². The van der Waals surface area contributed by atoms with Crippen molar-refractivity contribution in [2.45, 2.75) is 96.8 Å². The van der Waals surface area contributed by atoms with Crippen molar-refractivity contribution in [1.29, 1.82) is 0 Å². The second kappa shape index (κ2) is 12.5. The number of esters is 1. The van der Waals surface area contributed by atoms with Crippen LogP contribution >= 0.6 is 0 Å². The third kappa shape index (κ3) is 10.0. The van der Waals surface area contributed by atoms with Gasteiger partial charge in [0.25, 0.3) is 0 Å². The molecule has 0 aliphatic heterocycles. The van der Waals surface area contributed by atoms with Gasteiger partial charge in [0.15, 0.2) is 0 Å². The monoisotopic (exact) mass is 429 g/mol. The van der Waals surface area contributed by atoms with Gasteiger partial charge in [0.1, 0.15) is 11.7 Å². The molecule has 1 fully saturated rings. The molecule has 1 aromatic carbocycles. The topological polar surface area (TPSA) is 64.6 Å². The summed E-state index contributed by atoms with van der Waals surface area (Å²) < 4.78 is 11.2. The molecule has 2 rings (SSSR count). The van der Waals surface area contributed by atoms with Crippen LogP contribution in [0.3, 0.4) is 0 Å². The van der Waals surface area contributed by atoms with E-state index in [2.05, 4.69) is 17.5 Å². The molecule has 1 amide bonds. The lowest BCUT2D eigenvalue weighted by atomic mass is 9.85. The van der Waals surface area contributed by atoms with Crippen LogP contribution in [0.2, 0.25) is 0 Å². The molecule has 1 aromatic rings. The number of hydrogen-bond acceptors (Lipinski definition) is 4. The van der Waals surface area contributed by atoms with Crippen molar-refractivity contribution in [2.24, 2.45) is 5.92 Å². The van der Waals surface area contributed by atoms with Gasteiger partial charge in [0, 0.05) is 6.04 Å². The lowest BCUT2D eigenvalue weighted by Gasteiger charge is -2.28. The maximum Gasteiger partial charge on any atom is 0.407 e. The molecule has 1 aliphatic rings. The Kier molecular flexibility index (Phi) is 10.1. The van der Waals surface area contributed by atoms with Crippen molar-refractivity contribution in [3.8, 4) is 0 Å². The molecule has 2 atom stereocenters. The van der Waals surface area contributed by atoms with Crippen LogP contribution in [-0.4, -0.2) is 29.8 Å². The Labute approximate surface area is 187 Å². The number of nitrogens with one attached hydrogen (secondary N) is 1. The van der Waals surface area contributed by atoms with Gasteiger partial charge in [-0.3, -0.25) is 0 Å². The number of carbonyl (C=O) groups excluding carboxylic acids is 2. The predicted molar refractivity (Wildman–Crippen MR) is 124 cm³/mol. The fourth-order valence-corrected chi connectivity index (χ4v) is 3.87. The average molecular weight is 430 g/mol. The Morgan fingerprint density at radius 3 is 2.45 bits per heavy atom. The van der Waals surface area contributed by atoms with Crippen LogP contribution in [0, 0.1) is 5.92 Å². The molecule has 172 valence electrons. The molecule has 0 aromatic heterocycles. The lowest BCUT2D eigenvalue weighted by molar-refractivity contribution is 0.0225. The van der Waals surface area contributed by atoms with Gasteiger partial charge in [-0.1, -0.05) is 43.5 Å². The maximum absolute atomic E-state index is 12.6. The molecule has 0 radical (unpaired) electrons. The zero-order valence-corrected chi connectivity index (χ0v) is 19.6. The zero-order valence-electron chi connectivity index (χ0n) is 19.6. The first-order chi connectivity index (χ1) is 14.7. The van der Waals surface area contributed by atoms with Gasteiger partial charge < -0.3 is 14.8 Å². The van der Waals surface area contributed by atoms with Gasteiger partial charge in [-0.25, -0.2) is 9.59 Å². The van der Waals surface area contributed by atoms with Crippen LogP contribution in [0.25, 0.3) is 0 Å². The number of alkyl carbamates (subject to hydrolysis) is 1. The molecule has 0 spiro atoms. The van der Waals surface area contributed by atoms with Crippen LogP contribution in [0.4, 0.5) is 4.79 Å². The predicted octanol–water partition coefficient (Wildman–Crippen LogP) is 6.43. The smallest absolute Gasteiger partial charge is 0.407 e. The van der Waals surface area contributed by atoms with Gasteiger partial charge >= 0.3 is 12.1 Å². The van der Waals surface area contributed by atoms with Crippen molar-refractivity contribution in [3.63, 3.8) is 0 Å². The SMILES string of the molecule is C[C@H](CCC/C=C/[C@H](OC(=O)c1ccccc1)C1CCCCC1)NC(=O)OC(C)(C)C. The highest BCUT2D eigenvalue weighted by molar-refractivity contribution is 5.89. The van der Waals surface area contributed by atoms with E-state index in [1.807, 2.05) is 45.9 Å². The third-order valence-corrected chi connectivity index (χ3v) is 5.46. The van der Waals surface area contributed by atoms with Gasteiger partial charge in [-0.2, -0.15) is 0 Å². The van der Waals surface area contributed by atoms with E-state index in [0.29, 0.717) is 11.5 Å². The number of unbranched alkanes of at least 4 members (excludes halogenated alkanes) is 1. The summed E-state index contributed by atoms with van der Waals surface area (Å²) in [5.41, 5.74) is 0.108. The van der Waals surface area contributed by atoms with E-state index in [4.69, 9.17) is 9.47 Å². The highest BCUT2D eigenvalue weighted by Gasteiger charge is 2.25. The summed E-state index contributed by atoms with van der Waals surface area (Å²) in [4.78, 5) is 24.4. The second-order valence-electron chi connectivity index (χ2n) is 9.54. The Hall–Kier alpha value is -2.30. The van der Waals surface area contributed by atoms with Gasteiger partial charge in [-0.05, 0) is 83.9 Å². The van der Waals surface area contributed by atoms with Crippen LogP contribution in [0.15, 0.2) is 42.5 Å². The fourth-order valence-electron chi connectivity index (χ4n) is 3.87. The minimum atomic E-state index is -0.488. The van der Waals surface area contributed by atoms with Crippen molar-refractivity contribution >= 4 is 12.1 Å². The van der Waals surface area contributed by atoms with Crippen LogP contribution < -0.4 is 5.32 Å². The minimum Gasteiger partial charge on any atom is -0.454 e. The molecule has 5 heteroatoms. The first kappa shape index (κ1) is 25.0. The summed E-state index contributed by atoms with van der Waals surface area (Å²) in [6.45, 7) is 7.56. The minimum absolute atomic E-state index is 0.0494. The molecule has 1 N–H and O–H groups in total. The first-order valence-corrected chi connectivity index (χ1v) is 11.7. The van der Waals surface area contributed by atoms with E-state index in [1.54, 1.807) is 12.1 Å². The molecule has 31 heavy (non-hydrogen) atoms. The number of ether oxygens (including phenoxy) is 2. The first-order valence-electron chi connectivity index (χ1n) is 11.7. The highest BCUT2D eigenvalue weighted by Crippen LogP contribution is 2.29. The van der Waals surface area contributed by atoms with Crippen LogP contribution in [0.1, 0.15) is 89.4 Å². The molecule has 1 saturated carbocycles. The van der Waals surface area contributed by atoms with Crippen molar-refractivity contribution in [1.82, 2.24) is 5.32 Å². The van der Waals surface area contributed by atoms with Crippen molar-refractivity contribution in [3.05, 3.63) is 48.0 Å². The fraction of sp³-hybridized carbons (Fsp3) is 0.615. The molecule has 0 bridgehead atoms. The third-order valence-electron chi connectivity index (χ3n) is 5.46. The van der Waals surface area contributed by atoms with E-state index in [9.17, 15) is 9.59 Å². The van der Waals surface area contributed by atoms with Gasteiger partial charge in [0.05, 0.1) is 5.56 Å². The maximum atomic E-state index is 12.6. The molecule has 1 aliphatic carbocycles. The molecule has 5 nitrogen and oxygen atoms in total. The number of allylic oxidation sites excluding steroid dienone is 1. The number of benzene rings is 1. The van der Waals surface area contributed by atoms with Gasteiger partial charge in [0.2, 0.25) is 0 Å². The zero-order chi connectivity index (χ0) is 22.7. The standard InChI is InChI=1S/C26H39NO4/c1-20(27-25(29)31-26(2,3)4)14-8-5-13-19-23(21-15-9-6-10-16-21)30-24(28)22-17-11-7-12-18-22/h7,11-13,17-21,23H,5-6,8-10,14-16H2,1-4H3,(H,27,29)/b19-13+/t20-,23+/m1/s1. The molecular formula is C26H39NO4. The summed E-state index contributed by atoms with van der Waals surface area (Å²) in [6, 6.07) is 9.25. The highest BCUT2D eigenvalue weighted by atomic mass is 16.6. The normalized spacial score (nSPS) is 17.2. The van der Waals surface area contributed by atoms with E-state index in [1.165, 1.54) is 19.3 Å². The molecular weight excluding hydrogens is 390 g/mol. The summed E-state index contributed by atoms with van der Waals surface area (Å²) in [6.07, 6.45) is 12.2. The summed E-state index contributed by atoms with van der Waals surface area (Å²) in [5.74, 6) is 0.140. The Morgan fingerprint density at radius 1 is 1.13 bits per heavy atom. The summed E-state index contributed by atoms with van der Waals surface area (Å²) in [7, 11) is 0. The molecule has 0 saturated heterocycles. The second-order valence-corrected chi connectivity index (χ2v) is 9.54. The Balaban J connectivity index is 1.81.